The lowest BCUT2D eigenvalue weighted by Gasteiger charge is -2.33. The van der Waals surface area contributed by atoms with Crippen molar-refractivity contribution in [1.29, 1.82) is 0 Å². The van der Waals surface area contributed by atoms with E-state index in [1.165, 1.54) is 206 Å². The minimum absolute atomic E-state index is 0.640. The Morgan fingerprint density at radius 3 is 0.875 bits per heavy atom. The zero-order valence-electron chi connectivity index (χ0n) is 28.3. The van der Waals surface area contributed by atoms with Crippen molar-refractivity contribution in [2.24, 2.45) is 0 Å². The average molecular weight is 561 g/mol. The molecule has 0 N–H and O–H groups in total. The first kappa shape index (κ1) is 37.4. The topological polar surface area (TPSA) is 6.48 Å². The molecule has 2 heteroatoms. The van der Waals surface area contributed by atoms with Gasteiger partial charge in [-0.05, 0) is 25.7 Å². The van der Waals surface area contributed by atoms with Crippen molar-refractivity contribution in [2.45, 2.75) is 220 Å². The summed E-state index contributed by atoms with van der Waals surface area (Å²) in [6.45, 7) is 9.48. The fourth-order valence-corrected chi connectivity index (χ4v) is 6.54. The van der Waals surface area contributed by atoms with Crippen molar-refractivity contribution < 1.29 is 0 Å². The molecule has 1 aliphatic rings. The summed E-state index contributed by atoms with van der Waals surface area (Å²) in [6, 6.07) is 0. The fourth-order valence-electron chi connectivity index (χ4n) is 6.54. The molecule has 0 atom stereocenters. The molecule has 0 aromatic rings. The maximum absolute atomic E-state index is 2.71. The Hall–Kier alpha value is -0.660. The van der Waals surface area contributed by atoms with Crippen LogP contribution in [-0.2, 0) is 0 Å². The Bertz CT molecular complexity index is 482. The van der Waals surface area contributed by atoms with Gasteiger partial charge >= 0.3 is 0 Å². The van der Waals surface area contributed by atoms with E-state index < -0.39 is 0 Å². The molecule has 0 aliphatic carbocycles. The van der Waals surface area contributed by atoms with Crippen LogP contribution in [0.1, 0.15) is 213 Å². The van der Waals surface area contributed by atoms with Gasteiger partial charge in [0.1, 0.15) is 6.17 Å². The Morgan fingerprint density at radius 2 is 0.575 bits per heavy atom. The first-order valence-corrected chi connectivity index (χ1v) is 19.0. The van der Waals surface area contributed by atoms with Gasteiger partial charge in [-0.2, -0.15) is 0 Å². The third kappa shape index (κ3) is 22.0. The molecule has 2 nitrogen and oxygen atoms in total. The van der Waals surface area contributed by atoms with E-state index >= 15 is 0 Å². The molecule has 1 rings (SSSR count). The van der Waals surface area contributed by atoms with Crippen LogP contribution >= 0.6 is 0 Å². The van der Waals surface area contributed by atoms with E-state index in [0.717, 1.165) is 0 Å². The van der Waals surface area contributed by atoms with E-state index in [1.54, 1.807) is 0 Å². The molecule has 0 fully saturated rings. The van der Waals surface area contributed by atoms with Crippen molar-refractivity contribution >= 4 is 0 Å². The zero-order chi connectivity index (χ0) is 28.8. The Labute approximate surface area is 254 Å². The molecule has 0 spiro atoms. The molecule has 238 valence electrons. The van der Waals surface area contributed by atoms with Gasteiger partial charge in [0.15, 0.2) is 0 Å². The highest BCUT2D eigenvalue weighted by atomic mass is 15.4. The van der Waals surface area contributed by atoms with E-state index in [-0.39, 0.29) is 0 Å². The van der Waals surface area contributed by atoms with Gasteiger partial charge in [0, 0.05) is 25.5 Å². The van der Waals surface area contributed by atoms with Gasteiger partial charge in [-0.25, -0.2) is 0 Å². The molecule has 0 unspecified atom stereocenters. The summed E-state index contributed by atoms with van der Waals surface area (Å²) in [4.78, 5) is 5.43. The van der Waals surface area contributed by atoms with Crippen molar-refractivity contribution in [2.75, 3.05) is 13.1 Å². The van der Waals surface area contributed by atoms with Gasteiger partial charge in [-0.1, -0.05) is 188 Å². The highest BCUT2D eigenvalue weighted by molar-refractivity contribution is 4.97. The van der Waals surface area contributed by atoms with Crippen LogP contribution in [0.5, 0.6) is 0 Å². The summed E-state index contributed by atoms with van der Waals surface area (Å²) >= 11 is 0. The van der Waals surface area contributed by atoms with E-state index in [2.05, 4.69) is 43.0 Å². The molecule has 0 aromatic carbocycles. The molecule has 0 bridgehead atoms. The molecule has 0 saturated carbocycles. The molecule has 0 amide bonds. The predicted molar refractivity (Wildman–Crippen MR) is 182 cm³/mol. The van der Waals surface area contributed by atoms with Gasteiger partial charge in [0.2, 0.25) is 0 Å². The SMILES string of the molecule is CCCCCCCCCCCCN1C=CN(CCCCCCCCCCCC)C1CCCCCCCCCCC. The molecular formula is C38H76N2. The Morgan fingerprint density at radius 1 is 0.325 bits per heavy atom. The summed E-state index contributed by atoms with van der Waals surface area (Å²) in [5.41, 5.74) is 0. The molecule has 1 heterocycles. The number of rotatable bonds is 32. The second-order valence-electron chi connectivity index (χ2n) is 13.2. The molecule has 1 aliphatic heterocycles. The van der Waals surface area contributed by atoms with Crippen LogP contribution in [0.2, 0.25) is 0 Å². The predicted octanol–water partition coefficient (Wildman–Crippen LogP) is 13.2. The number of hydrogen-bond donors (Lipinski definition) is 0. The third-order valence-electron chi connectivity index (χ3n) is 9.32. The fraction of sp³-hybridized carbons (Fsp3) is 0.947. The second-order valence-corrected chi connectivity index (χ2v) is 13.2. The van der Waals surface area contributed by atoms with Crippen LogP contribution in [0.4, 0.5) is 0 Å². The zero-order valence-corrected chi connectivity index (χ0v) is 28.3. The lowest BCUT2D eigenvalue weighted by Crippen LogP contribution is -2.39. The Kier molecular flexibility index (Phi) is 27.9. The maximum Gasteiger partial charge on any atom is 0.101 e. The quantitative estimate of drug-likeness (QED) is 0.0755. The van der Waals surface area contributed by atoms with Crippen LogP contribution in [0.3, 0.4) is 0 Å². The second kappa shape index (κ2) is 29.8. The van der Waals surface area contributed by atoms with Crippen LogP contribution < -0.4 is 0 Å². The summed E-state index contributed by atoms with van der Waals surface area (Å²) < 4.78 is 0. The van der Waals surface area contributed by atoms with Gasteiger partial charge in [0.25, 0.3) is 0 Å². The van der Waals surface area contributed by atoms with Gasteiger partial charge < -0.3 is 9.80 Å². The average Bonchev–Trinajstić information content (AvgIpc) is 3.35. The molecular weight excluding hydrogens is 484 g/mol. The lowest BCUT2D eigenvalue weighted by atomic mass is 10.0. The van der Waals surface area contributed by atoms with Crippen molar-refractivity contribution in [1.82, 2.24) is 9.80 Å². The van der Waals surface area contributed by atoms with Gasteiger partial charge in [-0.3, -0.25) is 0 Å². The van der Waals surface area contributed by atoms with E-state index in [4.69, 9.17) is 0 Å². The summed E-state index contributed by atoms with van der Waals surface area (Å²) in [5.74, 6) is 0. The standard InChI is InChI=1S/C38H76N2/c1-4-7-10-13-16-19-22-25-28-31-34-39-36-37-40(35-32-29-26-23-20-17-14-11-8-5-2)38(39)33-30-27-24-21-18-15-12-9-6-3/h36-38H,4-35H2,1-3H3. The maximum atomic E-state index is 2.71. The van der Waals surface area contributed by atoms with E-state index in [0.29, 0.717) is 6.17 Å². The first-order valence-electron chi connectivity index (χ1n) is 19.0. The van der Waals surface area contributed by atoms with E-state index in [9.17, 15) is 0 Å². The number of nitrogens with zero attached hydrogens (tertiary/aromatic N) is 2. The highest BCUT2D eigenvalue weighted by Gasteiger charge is 2.24. The smallest absolute Gasteiger partial charge is 0.101 e. The largest absolute Gasteiger partial charge is 0.356 e. The lowest BCUT2D eigenvalue weighted by molar-refractivity contribution is 0.135. The minimum atomic E-state index is 0.640. The van der Waals surface area contributed by atoms with Crippen LogP contribution in [0, 0.1) is 0 Å². The number of unbranched alkanes of at least 4 members (excludes halogenated alkanes) is 26. The monoisotopic (exact) mass is 561 g/mol. The minimum Gasteiger partial charge on any atom is -0.356 e. The van der Waals surface area contributed by atoms with Crippen LogP contribution in [-0.4, -0.2) is 29.1 Å². The highest BCUT2D eigenvalue weighted by Crippen LogP contribution is 2.24. The normalized spacial score (nSPS) is 13.8. The molecule has 0 aromatic heterocycles. The molecule has 40 heavy (non-hydrogen) atoms. The van der Waals surface area contributed by atoms with Gasteiger partial charge in [0.05, 0.1) is 0 Å². The summed E-state index contributed by atoms with van der Waals surface area (Å²) in [7, 11) is 0. The van der Waals surface area contributed by atoms with Gasteiger partial charge in [-0.15, -0.1) is 0 Å². The van der Waals surface area contributed by atoms with E-state index in [1.807, 2.05) is 0 Å². The van der Waals surface area contributed by atoms with Crippen molar-refractivity contribution in [3.8, 4) is 0 Å². The molecule has 0 radical (unpaired) electrons. The van der Waals surface area contributed by atoms with Crippen LogP contribution in [0.15, 0.2) is 12.4 Å². The Balaban J connectivity index is 2.24. The first-order chi connectivity index (χ1) is 19.8. The summed E-state index contributed by atoms with van der Waals surface area (Å²) in [6.07, 6.45) is 48.4. The number of hydrogen-bond acceptors (Lipinski definition) is 2. The third-order valence-corrected chi connectivity index (χ3v) is 9.32. The van der Waals surface area contributed by atoms with Crippen LogP contribution in [0.25, 0.3) is 0 Å². The van der Waals surface area contributed by atoms with Crippen molar-refractivity contribution in [3.05, 3.63) is 12.4 Å². The molecule has 0 saturated heterocycles. The summed E-state index contributed by atoms with van der Waals surface area (Å²) in [5, 5.41) is 0. The van der Waals surface area contributed by atoms with Crippen molar-refractivity contribution in [3.63, 3.8) is 0 Å².